The molecule has 0 amide bonds. The van der Waals surface area contributed by atoms with Crippen LogP contribution < -0.4 is 5.32 Å². The fourth-order valence-corrected chi connectivity index (χ4v) is 3.06. The van der Waals surface area contributed by atoms with Crippen LogP contribution in [0.5, 0.6) is 0 Å². The summed E-state index contributed by atoms with van der Waals surface area (Å²) < 4.78 is 0. The van der Waals surface area contributed by atoms with Crippen molar-refractivity contribution in [1.82, 2.24) is 5.32 Å². The van der Waals surface area contributed by atoms with E-state index in [-0.39, 0.29) is 6.10 Å². The summed E-state index contributed by atoms with van der Waals surface area (Å²) in [7, 11) is 0. The zero-order chi connectivity index (χ0) is 10.5. The summed E-state index contributed by atoms with van der Waals surface area (Å²) in [4.78, 5) is 0. The van der Waals surface area contributed by atoms with Gasteiger partial charge in [-0.2, -0.15) is 0 Å². The first-order valence-corrected chi connectivity index (χ1v) is 6.78. The molecule has 2 N–H and O–H groups in total. The Morgan fingerprint density at radius 1 is 0.867 bits per heavy atom. The summed E-state index contributed by atoms with van der Waals surface area (Å²) in [6.07, 6.45) is 11.5. The second-order valence-corrected chi connectivity index (χ2v) is 5.37. The predicted octanol–water partition coefficient (Wildman–Crippen LogP) is 2.46. The van der Waals surface area contributed by atoms with Crippen LogP contribution >= 0.6 is 0 Å². The van der Waals surface area contributed by atoms with E-state index in [0.29, 0.717) is 6.04 Å². The Bertz CT molecular complexity index is 177. The maximum absolute atomic E-state index is 9.96. The lowest BCUT2D eigenvalue weighted by molar-refractivity contribution is 0.118. The molecular formula is C13H25NO. The van der Waals surface area contributed by atoms with Gasteiger partial charge >= 0.3 is 0 Å². The lowest BCUT2D eigenvalue weighted by atomic mass is 10.0. The Balaban J connectivity index is 1.71. The summed E-state index contributed by atoms with van der Waals surface area (Å²) in [5, 5.41) is 13.6. The Hall–Kier alpha value is -0.0800. The zero-order valence-corrected chi connectivity index (χ0v) is 9.75. The molecular weight excluding hydrogens is 186 g/mol. The van der Waals surface area contributed by atoms with Crippen LogP contribution in [-0.4, -0.2) is 23.8 Å². The van der Waals surface area contributed by atoms with E-state index in [2.05, 4.69) is 5.32 Å². The van der Waals surface area contributed by atoms with E-state index in [1.165, 1.54) is 51.4 Å². The fraction of sp³-hybridized carbons (Fsp3) is 1.00. The third-order valence-corrected chi connectivity index (χ3v) is 4.12. The second kappa shape index (κ2) is 5.86. The quantitative estimate of drug-likeness (QED) is 0.703. The molecule has 2 nitrogen and oxygen atoms in total. The van der Waals surface area contributed by atoms with E-state index in [1.54, 1.807) is 0 Å². The van der Waals surface area contributed by atoms with Gasteiger partial charge in [-0.3, -0.25) is 0 Å². The summed E-state index contributed by atoms with van der Waals surface area (Å²) in [5.74, 6) is 0.889. The Labute approximate surface area is 93.5 Å². The number of aliphatic hydroxyl groups excluding tert-OH is 1. The van der Waals surface area contributed by atoms with Crippen molar-refractivity contribution in [3.63, 3.8) is 0 Å². The molecule has 2 heteroatoms. The minimum atomic E-state index is -0.0890. The van der Waals surface area contributed by atoms with E-state index in [4.69, 9.17) is 0 Å². The van der Waals surface area contributed by atoms with Crippen molar-refractivity contribution in [2.24, 2.45) is 5.92 Å². The van der Waals surface area contributed by atoms with Crippen molar-refractivity contribution in [2.75, 3.05) is 6.54 Å². The van der Waals surface area contributed by atoms with Crippen LogP contribution in [0.3, 0.4) is 0 Å². The van der Waals surface area contributed by atoms with Crippen LogP contribution in [0.25, 0.3) is 0 Å². The largest absolute Gasteiger partial charge is 0.392 e. The lowest BCUT2D eigenvalue weighted by Crippen LogP contribution is -2.41. The number of nitrogens with one attached hydrogen (secondary N) is 1. The predicted molar refractivity (Wildman–Crippen MR) is 62.8 cm³/mol. The van der Waals surface area contributed by atoms with Crippen molar-refractivity contribution in [2.45, 2.75) is 69.9 Å². The monoisotopic (exact) mass is 211 g/mol. The molecule has 2 rings (SSSR count). The minimum Gasteiger partial charge on any atom is -0.392 e. The van der Waals surface area contributed by atoms with Gasteiger partial charge < -0.3 is 10.4 Å². The average Bonchev–Trinajstić information content (AvgIpc) is 2.67. The third kappa shape index (κ3) is 3.46. The maximum atomic E-state index is 9.96. The Morgan fingerprint density at radius 2 is 1.53 bits per heavy atom. The normalized spacial score (nSPS) is 34.2. The highest BCUT2D eigenvalue weighted by Crippen LogP contribution is 2.25. The standard InChI is InChI=1S/C13H25NO/c15-13-9-3-1-2-8-12(13)14-10-11-6-4-5-7-11/h11-15H,1-10H2. The molecule has 15 heavy (non-hydrogen) atoms. The highest BCUT2D eigenvalue weighted by atomic mass is 16.3. The minimum absolute atomic E-state index is 0.0890. The van der Waals surface area contributed by atoms with Crippen molar-refractivity contribution in [3.05, 3.63) is 0 Å². The van der Waals surface area contributed by atoms with Gasteiger partial charge in [-0.05, 0) is 38.1 Å². The first-order chi connectivity index (χ1) is 7.36. The first kappa shape index (κ1) is 11.4. The van der Waals surface area contributed by atoms with Gasteiger partial charge in [0.2, 0.25) is 0 Å². The van der Waals surface area contributed by atoms with Crippen LogP contribution in [0.4, 0.5) is 0 Å². The average molecular weight is 211 g/mol. The van der Waals surface area contributed by atoms with Crippen molar-refractivity contribution in [1.29, 1.82) is 0 Å². The third-order valence-electron chi connectivity index (χ3n) is 4.12. The first-order valence-electron chi connectivity index (χ1n) is 6.78. The molecule has 2 saturated carbocycles. The molecule has 0 heterocycles. The molecule has 2 aliphatic rings. The number of rotatable bonds is 3. The SMILES string of the molecule is OC1CCCCCC1NCC1CCCC1. The van der Waals surface area contributed by atoms with Crippen LogP contribution in [-0.2, 0) is 0 Å². The van der Waals surface area contributed by atoms with Gasteiger partial charge in [-0.25, -0.2) is 0 Å². The van der Waals surface area contributed by atoms with E-state index < -0.39 is 0 Å². The van der Waals surface area contributed by atoms with Gasteiger partial charge in [0.1, 0.15) is 0 Å². The molecule has 0 aromatic heterocycles. The molecule has 2 aliphatic carbocycles. The van der Waals surface area contributed by atoms with Crippen molar-refractivity contribution < 1.29 is 5.11 Å². The topological polar surface area (TPSA) is 32.3 Å². The van der Waals surface area contributed by atoms with Gasteiger partial charge in [0.25, 0.3) is 0 Å². The highest BCUT2D eigenvalue weighted by molar-refractivity contribution is 4.80. The van der Waals surface area contributed by atoms with Crippen molar-refractivity contribution in [3.8, 4) is 0 Å². The second-order valence-electron chi connectivity index (χ2n) is 5.37. The van der Waals surface area contributed by atoms with Gasteiger partial charge in [0.05, 0.1) is 6.10 Å². The summed E-state index contributed by atoms with van der Waals surface area (Å²) in [6.45, 7) is 1.14. The number of hydrogen-bond acceptors (Lipinski definition) is 2. The maximum Gasteiger partial charge on any atom is 0.0693 e. The molecule has 2 unspecified atom stereocenters. The van der Waals surface area contributed by atoms with Crippen LogP contribution in [0, 0.1) is 5.92 Å². The Morgan fingerprint density at radius 3 is 2.33 bits per heavy atom. The molecule has 88 valence electrons. The highest BCUT2D eigenvalue weighted by Gasteiger charge is 2.23. The number of aliphatic hydroxyl groups is 1. The van der Waals surface area contributed by atoms with Gasteiger partial charge in [0.15, 0.2) is 0 Å². The van der Waals surface area contributed by atoms with Gasteiger partial charge in [-0.1, -0.05) is 32.1 Å². The van der Waals surface area contributed by atoms with E-state index in [9.17, 15) is 5.11 Å². The van der Waals surface area contributed by atoms with E-state index in [0.717, 1.165) is 18.9 Å². The molecule has 0 radical (unpaired) electrons. The molecule has 0 saturated heterocycles. The zero-order valence-electron chi connectivity index (χ0n) is 9.75. The van der Waals surface area contributed by atoms with Crippen LogP contribution in [0.1, 0.15) is 57.8 Å². The van der Waals surface area contributed by atoms with Crippen LogP contribution in [0.15, 0.2) is 0 Å². The van der Waals surface area contributed by atoms with E-state index in [1.807, 2.05) is 0 Å². The molecule has 2 atom stereocenters. The molecule has 0 aliphatic heterocycles. The van der Waals surface area contributed by atoms with Crippen molar-refractivity contribution >= 4 is 0 Å². The summed E-state index contributed by atoms with van der Waals surface area (Å²) in [5.41, 5.74) is 0. The summed E-state index contributed by atoms with van der Waals surface area (Å²) in [6, 6.07) is 0.382. The molecule has 0 aromatic carbocycles. The number of hydrogen-bond donors (Lipinski definition) is 2. The van der Waals surface area contributed by atoms with Crippen LogP contribution in [0.2, 0.25) is 0 Å². The van der Waals surface area contributed by atoms with Gasteiger partial charge in [-0.15, -0.1) is 0 Å². The summed E-state index contributed by atoms with van der Waals surface area (Å²) >= 11 is 0. The molecule has 2 fully saturated rings. The molecule has 0 spiro atoms. The van der Waals surface area contributed by atoms with Gasteiger partial charge in [0, 0.05) is 6.04 Å². The Kier molecular flexibility index (Phi) is 4.45. The molecule has 0 bridgehead atoms. The van der Waals surface area contributed by atoms with E-state index >= 15 is 0 Å². The fourth-order valence-electron chi connectivity index (χ4n) is 3.06. The molecule has 0 aromatic rings. The lowest BCUT2D eigenvalue weighted by Gasteiger charge is -2.23. The smallest absolute Gasteiger partial charge is 0.0693 e.